The second kappa shape index (κ2) is 6.90. The molecule has 5 nitrogen and oxygen atoms in total. The Kier molecular flexibility index (Phi) is 5.48. The number of carbonyl (C=O) groups excluding carboxylic acids is 1. The number of amides is 1. The first-order valence-corrected chi connectivity index (χ1v) is 6.21. The average Bonchev–Trinajstić information content (AvgIpc) is 2.30. The lowest BCUT2D eigenvalue weighted by Gasteiger charge is -2.03. The van der Waals surface area contributed by atoms with Crippen LogP contribution in [-0.4, -0.2) is 34.3 Å². The smallest absolute Gasteiger partial charge is 0.354 e. The Morgan fingerprint density at radius 1 is 1.53 bits per heavy atom. The van der Waals surface area contributed by atoms with Gasteiger partial charge in [-0.3, -0.25) is 4.79 Å². The molecular formula is C11H14N2O3S. The van der Waals surface area contributed by atoms with Crippen LogP contribution in [0.1, 0.15) is 23.8 Å². The fraction of sp³-hybridized carbons (Fsp3) is 0.364. The van der Waals surface area contributed by atoms with Crippen molar-refractivity contribution in [3.63, 3.8) is 0 Å². The number of thioether (sulfide) groups is 1. The van der Waals surface area contributed by atoms with Gasteiger partial charge in [0.15, 0.2) is 0 Å². The Balaban J connectivity index is 2.44. The van der Waals surface area contributed by atoms with E-state index in [1.807, 2.05) is 6.92 Å². The predicted octanol–water partition coefficient (Wildman–Crippen LogP) is 1.40. The summed E-state index contributed by atoms with van der Waals surface area (Å²) in [4.78, 5) is 26.4. The lowest BCUT2D eigenvalue weighted by Crippen LogP contribution is -2.22. The van der Waals surface area contributed by atoms with Gasteiger partial charge in [0.1, 0.15) is 5.69 Å². The van der Waals surface area contributed by atoms with E-state index in [1.165, 1.54) is 24.0 Å². The largest absolute Gasteiger partial charge is 0.477 e. The molecule has 1 rings (SSSR count). The predicted molar refractivity (Wildman–Crippen MR) is 65.2 cm³/mol. The van der Waals surface area contributed by atoms with E-state index in [2.05, 4.69) is 10.3 Å². The number of pyridine rings is 1. The van der Waals surface area contributed by atoms with Gasteiger partial charge in [-0.25, -0.2) is 9.78 Å². The summed E-state index contributed by atoms with van der Waals surface area (Å²) in [5.74, 6) is -0.418. The van der Waals surface area contributed by atoms with Crippen LogP contribution in [0, 0.1) is 0 Å². The molecule has 1 heterocycles. The molecule has 0 radical (unpaired) electrons. The molecule has 6 heteroatoms. The van der Waals surface area contributed by atoms with Gasteiger partial charge < -0.3 is 10.4 Å². The standard InChI is InChI=1S/C11H14N2O3S/c1-2-12-10(14)4-6-17-8-3-5-13-9(7-8)11(15)16/h3,5,7H,2,4,6H2,1H3,(H,12,14)(H,15,16). The minimum absolute atomic E-state index is 0.00696. The monoisotopic (exact) mass is 254 g/mol. The van der Waals surface area contributed by atoms with Crippen molar-refractivity contribution in [2.45, 2.75) is 18.2 Å². The van der Waals surface area contributed by atoms with Gasteiger partial charge in [0.2, 0.25) is 5.91 Å². The third-order valence-electron chi connectivity index (χ3n) is 1.92. The molecule has 17 heavy (non-hydrogen) atoms. The molecule has 2 N–H and O–H groups in total. The second-order valence-corrected chi connectivity index (χ2v) is 4.40. The molecule has 0 spiro atoms. The van der Waals surface area contributed by atoms with Crippen LogP contribution in [0.25, 0.3) is 0 Å². The van der Waals surface area contributed by atoms with E-state index in [9.17, 15) is 9.59 Å². The zero-order valence-electron chi connectivity index (χ0n) is 9.47. The summed E-state index contributed by atoms with van der Waals surface area (Å²) in [5.41, 5.74) is 0.0213. The third-order valence-corrected chi connectivity index (χ3v) is 2.92. The first-order chi connectivity index (χ1) is 8.13. The van der Waals surface area contributed by atoms with Crippen molar-refractivity contribution in [1.29, 1.82) is 0 Å². The van der Waals surface area contributed by atoms with Crippen molar-refractivity contribution >= 4 is 23.6 Å². The maximum atomic E-state index is 11.2. The first-order valence-electron chi connectivity index (χ1n) is 5.22. The van der Waals surface area contributed by atoms with Crippen LogP contribution in [0.5, 0.6) is 0 Å². The van der Waals surface area contributed by atoms with Crippen LogP contribution < -0.4 is 5.32 Å². The van der Waals surface area contributed by atoms with Crippen molar-refractivity contribution in [2.75, 3.05) is 12.3 Å². The van der Waals surface area contributed by atoms with E-state index in [0.29, 0.717) is 18.7 Å². The highest BCUT2D eigenvalue weighted by molar-refractivity contribution is 7.99. The molecule has 92 valence electrons. The number of nitrogens with one attached hydrogen (secondary N) is 1. The maximum Gasteiger partial charge on any atom is 0.354 e. The topological polar surface area (TPSA) is 79.3 Å². The van der Waals surface area contributed by atoms with Gasteiger partial charge in [0, 0.05) is 29.8 Å². The fourth-order valence-electron chi connectivity index (χ4n) is 1.17. The molecule has 0 aromatic carbocycles. The number of aromatic nitrogens is 1. The molecule has 1 aromatic rings. The molecule has 0 fully saturated rings. The Hall–Kier alpha value is -1.56. The van der Waals surface area contributed by atoms with Crippen molar-refractivity contribution in [2.24, 2.45) is 0 Å². The van der Waals surface area contributed by atoms with E-state index in [0.717, 1.165) is 4.90 Å². The van der Waals surface area contributed by atoms with Crippen LogP contribution in [0.4, 0.5) is 0 Å². The highest BCUT2D eigenvalue weighted by Crippen LogP contribution is 2.18. The number of carboxylic acid groups (broad SMARTS) is 1. The van der Waals surface area contributed by atoms with Gasteiger partial charge in [-0.05, 0) is 19.1 Å². The summed E-state index contributed by atoms with van der Waals surface area (Å²) in [5, 5.41) is 11.5. The molecule has 0 saturated carbocycles. The number of hydrogen-bond acceptors (Lipinski definition) is 4. The Bertz CT molecular complexity index is 409. The number of carbonyl (C=O) groups is 2. The van der Waals surface area contributed by atoms with Gasteiger partial charge in [-0.2, -0.15) is 0 Å². The highest BCUT2D eigenvalue weighted by Gasteiger charge is 2.06. The number of nitrogens with zero attached hydrogens (tertiary/aromatic N) is 1. The van der Waals surface area contributed by atoms with E-state index in [1.54, 1.807) is 6.07 Å². The number of carboxylic acids is 1. The number of rotatable bonds is 6. The van der Waals surface area contributed by atoms with Gasteiger partial charge in [-0.1, -0.05) is 0 Å². The fourth-order valence-corrected chi connectivity index (χ4v) is 2.04. The van der Waals surface area contributed by atoms with Crippen molar-refractivity contribution in [3.8, 4) is 0 Å². The number of aromatic carboxylic acids is 1. The Morgan fingerprint density at radius 2 is 2.29 bits per heavy atom. The molecule has 0 aliphatic heterocycles. The third kappa shape index (κ3) is 4.86. The number of hydrogen-bond donors (Lipinski definition) is 2. The second-order valence-electron chi connectivity index (χ2n) is 3.23. The molecule has 0 aliphatic rings. The Morgan fingerprint density at radius 3 is 2.94 bits per heavy atom. The molecule has 0 atom stereocenters. The molecule has 0 unspecified atom stereocenters. The Labute approximate surface area is 104 Å². The van der Waals surface area contributed by atoms with E-state index in [4.69, 9.17) is 5.11 Å². The molecule has 1 aromatic heterocycles. The summed E-state index contributed by atoms with van der Waals surface area (Å²) < 4.78 is 0. The van der Waals surface area contributed by atoms with E-state index in [-0.39, 0.29) is 11.6 Å². The molecule has 0 saturated heterocycles. The zero-order valence-corrected chi connectivity index (χ0v) is 10.3. The van der Waals surface area contributed by atoms with Crippen LogP contribution in [-0.2, 0) is 4.79 Å². The van der Waals surface area contributed by atoms with E-state index >= 15 is 0 Å². The average molecular weight is 254 g/mol. The highest BCUT2D eigenvalue weighted by atomic mass is 32.2. The lowest BCUT2D eigenvalue weighted by atomic mass is 10.3. The van der Waals surface area contributed by atoms with Gasteiger partial charge >= 0.3 is 5.97 Å². The summed E-state index contributed by atoms with van der Waals surface area (Å²) >= 11 is 1.44. The van der Waals surface area contributed by atoms with Crippen molar-refractivity contribution < 1.29 is 14.7 Å². The van der Waals surface area contributed by atoms with Crippen LogP contribution >= 0.6 is 11.8 Å². The molecule has 1 amide bonds. The molecular weight excluding hydrogens is 240 g/mol. The van der Waals surface area contributed by atoms with Gasteiger partial charge in [0.25, 0.3) is 0 Å². The van der Waals surface area contributed by atoms with Crippen molar-refractivity contribution in [3.05, 3.63) is 24.0 Å². The van der Waals surface area contributed by atoms with Crippen LogP contribution in [0.3, 0.4) is 0 Å². The van der Waals surface area contributed by atoms with Crippen LogP contribution in [0.15, 0.2) is 23.2 Å². The zero-order chi connectivity index (χ0) is 12.7. The van der Waals surface area contributed by atoms with E-state index < -0.39 is 5.97 Å². The SMILES string of the molecule is CCNC(=O)CCSc1ccnc(C(=O)O)c1. The van der Waals surface area contributed by atoms with Crippen molar-refractivity contribution in [1.82, 2.24) is 10.3 Å². The van der Waals surface area contributed by atoms with Crippen LogP contribution in [0.2, 0.25) is 0 Å². The minimum Gasteiger partial charge on any atom is -0.477 e. The summed E-state index contributed by atoms with van der Waals surface area (Å²) in [6.45, 7) is 2.50. The quantitative estimate of drug-likeness (QED) is 0.750. The van der Waals surface area contributed by atoms with Gasteiger partial charge in [0.05, 0.1) is 0 Å². The summed E-state index contributed by atoms with van der Waals surface area (Å²) in [6, 6.07) is 3.24. The summed E-state index contributed by atoms with van der Waals surface area (Å²) in [6.07, 6.45) is 1.88. The maximum absolute atomic E-state index is 11.2. The molecule has 0 bridgehead atoms. The summed E-state index contributed by atoms with van der Waals surface area (Å²) in [7, 11) is 0. The first kappa shape index (κ1) is 13.5. The lowest BCUT2D eigenvalue weighted by molar-refractivity contribution is -0.120. The minimum atomic E-state index is -1.05. The normalized spacial score (nSPS) is 9.94. The molecule has 0 aliphatic carbocycles. The van der Waals surface area contributed by atoms with Gasteiger partial charge in [-0.15, -0.1) is 11.8 Å².